The predicted molar refractivity (Wildman–Crippen MR) is 85.4 cm³/mol. The maximum absolute atomic E-state index is 12.5. The lowest BCUT2D eigenvalue weighted by Gasteiger charge is -2.39. The third-order valence-electron chi connectivity index (χ3n) is 4.36. The number of carbonyl (C=O) groups excluding carboxylic acids is 1. The van der Waals surface area contributed by atoms with Crippen molar-refractivity contribution in [2.24, 2.45) is 0 Å². The first kappa shape index (κ1) is 15.9. The monoisotopic (exact) mass is 343 g/mol. The number of rotatable bonds is 3. The standard InChI is InChI=1S/C16H19Cl2NO3/c17-12-4-5-14(13(18)10-12)21-11-15(20)19-8-9-22-16(19)6-2-1-3-7-16/h4-5,10H,1-3,6-9,11H2. The van der Waals surface area contributed by atoms with Gasteiger partial charge in [0.05, 0.1) is 11.6 Å². The summed E-state index contributed by atoms with van der Waals surface area (Å²) in [6.45, 7) is 1.20. The highest BCUT2D eigenvalue weighted by molar-refractivity contribution is 6.35. The van der Waals surface area contributed by atoms with E-state index in [9.17, 15) is 4.79 Å². The Balaban J connectivity index is 1.64. The minimum atomic E-state index is -0.400. The van der Waals surface area contributed by atoms with Crippen molar-refractivity contribution in [3.63, 3.8) is 0 Å². The first-order chi connectivity index (χ1) is 10.6. The SMILES string of the molecule is O=C(COc1ccc(Cl)cc1Cl)N1CCOC12CCCCC2. The lowest BCUT2D eigenvalue weighted by Crippen LogP contribution is -2.50. The Morgan fingerprint density at radius 2 is 2.05 bits per heavy atom. The Bertz CT molecular complexity index is 558. The van der Waals surface area contributed by atoms with Gasteiger partial charge in [0, 0.05) is 11.6 Å². The minimum Gasteiger partial charge on any atom is -0.482 e. The van der Waals surface area contributed by atoms with Crippen molar-refractivity contribution in [3.05, 3.63) is 28.2 Å². The average molecular weight is 344 g/mol. The van der Waals surface area contributed by atoms with Gasteiger partial charge in [-0.1, -0.05) is 29.6 Å². The molecule has 1 spiro atoms. The molecule has 4 nitrogen and oxygen atoms in total. The van der Waals surface area contributed by atoms with Gasteiger partial charge in [-0.05, 0) is 43.9 Å². The van der Waals surface area contributed by atoms with Crippen LogP contribution >= 0.6 is 23.2 Å². The summed E-state index contributed by atoms with van der Waals surface area (Å²) in [4.78, 5) is 14.4. The van der Waals surface area contributed by atoms with Crippen LogP contribution in [0.3, 0.4) is 0 Å². The molecule has 1 aliphatic heterocycles. The molecule has 2 aliphatic rings. The molecule has 6 heteroatoms. The van der Waals surface area contributed by atoms with Crippen LogP contribution in [0, 0.1) is 0 Å². The Morgan fingerprint density at radius 1 is 1.27 bits per heavy atom. The van der Waals surface area contributed by atoms with Crippen LogP contribution in [0.5, 0.6) is 5.75 Å². The molecular formula is C16H19Cl2NO3. The second-order valence-electron chi connectivity index (χ2n) is 5.76. The molecule has 0 atom stereocenters. The number of benzene rings is 1. The van der Waals surface area contributed by atoms with Gasteiger partial charge in [0.25, 0.3) is 5.91 Å². The largest absolute Gasteiger partial charge is 0.482 e. The van der Waals surface area contributed by atoms with Crippen molar-refractivity contribution < 1.29 is 14.3 Å². The van der Waals surface area contributed by atoms with Gasteiger partial charge in [0.15, 0.2) is 6.61 Å². The number of hydrogen-bond acceptors (Lipinski definition) is 3. The van der Waals surface area contributed by atoms with Gasteiger partial charge in [-0.3, -0.25) is 4.79 Å². The van der Waals surface area contributed by atoms with E-state index in [0.29, 0.717) is 28.9 Å². The number of halogens is 2. The van der Waals surface area contributed by atoms with Crippen LogP contribution in [0.4, 0.5) is 0 Å². The average Bonchev–Trinajstić information content (AvgIpc) is 2.90. The molecule has 0 aromatic heterocycles. The fraction of sp³-hybridized carbons (Fsp3) is 0.562. The van der Waals surface area contributed by atoms with Gasteiger partial charge in [0.2, 0.25) is 0 Å². The molecule has 0 radical (unpaired) electrons. The van der Waals surface area contributed by atoms with Crippen LogP contribution in [0.15, 0.2) is 18.2 Å². The quantitative estimate of drug-likeness (QED) is 0.835. The maximum Gasteiger partial charge on any atom is 0.262 e. The Hall–Kier alpha value is -0.970. The Kier molecular flexibility index (Phi) is 4.81. The van der Waals surface area contributed by atoms with E-state index in [1.807, 2.05) is 4.90 Å². The van der Waals surface area contributed by atoms with Crippen molar-refractivity contribution in [1.29, 1.82) is 0 Å². The van der Waals surface area contributed by atoms with Gasteiger partial charge in [-0.25, -0.2) is 0 Å². The second-order valence-corrected chi connectivity index (χ2v) is 6.61. The third-order valence-corrected chi connectivity index (χ3v) is 4.89. The summed E-state index contributed by atoms with van der Waals surface area (Å²) in [6, 6.07) is 4.97. The normalized spacial score (nSPS) is 20.4. The van der Waals surface area contributed by atoms with Crippen LogP contribution in [-0.4, -0.2) is 36.3 Å². The Morgan fingerprint density at radius 3 is 2.77 bits per heavy atom. The summed E-state index contributed by atoms with van der Waals surface area (Å²) in [5.41, 5.74) is -0.400. The van der Waals surface area contributed by atoms with Crippen LogP contribution in [0.1, 0.15) is 32.1 Å². The molecule has 2 fully saturated rings. The fourth-order valence-electron chi connectivity index (χ4n) is 3.29. The van der Waals surface area contributed by atoms with Crippen molar-refractivity contribution >= 4 is 29.1 Å². The molecule has 1 aliphatic carbocycles. The van der Waals surface area contributed by atoms with E-state index in [-0.39, 0.29) is 12.5 Å². The maximum atomic E-state index is 12.5. The topological polar surface area (TPSA) is 38.8 Å². The van der Waals surface area contributed by atoms with Gasteiger partial charge < -0.3 is 14.4 Å². The molecule has 3 rings (SSSR count). The fourth-order valence-corrected chi connectivity index (χ4v) is 3.75. The molecule has 120 valence electrons. The first-order valence-corrected chi connectivity index (χ1v) is 8.39. The number of ether oxygens (including phenoxy) is 2. The summed E-state index contributed by atoms with van der Waals surface area (Å²) < 4.78 is 11.5. The van der Waals surface area contributed by atoms with E-state index in [0.717, 1.165) is 25.7 Å². The van der Waals surface area contributed by atoms with E-state index in [2.05, 4.69) is 0 Å². The number of nitrogens with zero attached hydrogens (tertiary/aromatic N) is 1. The lowest BCUT2D eigenvalue weighted by atomic mass is 9.90. The zero-order valence-corrected chi connectivity index (χ0v) is 13.8. The van der Waals surface area contributed by atoms with Crippen LogP contribution in [0.25, 0.3) is 0 Å². The van der Waals surface area contributed by atoms with Gasteiger partial charge in [-0.15, -0.1) is 0 Å². The minimum absolute atomic E-state index is 0.0353. The molecular weight excluding hydrogens is 325 g/mol. The summed E-state index contributed by atoms with van der Waals surface area (Å²) >= 11 is 11.9. The van der Waals surface area contributed by atoms with Crippen molar-refractivity contribution in [1.82, 2.24) is 4.90 Å². The summed E-state index contributed by atoms with van der Waals surface area (Å²) in [5, 5.41) is 0.947. The van der Waals surface area contributed by atoms with Crippen molar-refractivity contribution in [3.8, 4) is 5.75 Å². The highest BCUT2D eigenvalue weighted by Gasteiger charge is 2.45. The summed E-state index contributed by atoms with van der Waals surface area (Å²) in [7, 11) is 0. The molecule has 1 heterocycles. The number of carbonyl (C=O) groups is 1. The first-order valence-electron chi connectivity index (χ1n) is 7.63. The molecule has 22 heavy (non-hydrogen) atoms. The van der Waals surface area contributed by atoms with E-state index in [1.54, 1.807) is 18.2 Å². The third kappa shape index (κ3) is 3.19. The molecule has 0 bridgehead atoms. The van der Waals surface area contributed by atoms with E-state index in [1.165, 1.54) is 6.42 Å². The van der Waals surface area contributed by atoms with Crippen LogP contribution in [-0.2, 0) is 9.53 Å². The lowest BCUT2D eigenvalue weighted by molar-refractivity contribution is -0.157. The molecule has 1 saturated heterocycles. The van der Waals surface area contributed by atoms with E-state index >= 15 is 0 Å². The van der Waals surface area contributed by atoms with Crippen molar-refractivity contribution in [2.75, 3.05) is 19.8 Å². The van der Waals surface area contributed by atoms with E-state index in [4.69, 9.17) is 32.7 Å². The zero-order chi connectivity index (χ0) is 15.6. The highest BCUT2D eigenvalue weighted by atomic mass is 35.5. The van der Waals surface area contributed by atoms with Gasteiger partial charge >= 0.3 is 0 Å². The molecule has 0 N–H and O–H groups in total. The summed E-state index contributed by atoms with van der Waals surface area (Å²) in [5.74, 6) is 0.419. The van der Waals surface area contributed by atoms with E-state index < -0.39 is 5.72 Å². The zero-order valence-electron chi connectivity index (χ0n) is 12.3. The molecule has 1 aromatic carbocycles. The number of hydrogen-bond donors (Lipinski definition) is 0. The molecule has 0 unspecified atom stereocenters. The van der Waals surface area contributed by atoms with Gasteiger partial charge in [-0.2, -0.15) is 0 Å². The predicted octanol–water partition coefficient (Wildman–Crippen LogP) is 3.89. The molecule has 1 saturated carbocycles. The Labute approximate surface area is 140 Å². The number of amides is 1. The van der Waals surface area contributed by atoms with Gasteiger partial charge in [0.1, 0.15) is 11.5 Å². The van der Waals surface area contributed by atoms with Crippen molar-refractivity contribution in [2.45, 2.75) is 37.8 Å². The smallest absolute Gasteiger partial charge is 0.262 e. The summed E-state index contributed by atoms with van der Waals surface area (Å²) in [6.07, 6.45) is 5.26. The van der Waals surface area contributed by atoms with Crippen LogP contribution in [0.2, 0.25) is 10.0 Å². The molecule has 1 aromatic rings. The highest BCUT2D eigenvalue weighted by Crippen LogP contribution is 2.38. The second kappa shape index (κ2) is 6.65. The van der Waals surface area contributed by atoms with Crippen LogP contribution < -0.4 is 4.74 Å². The molecule has 1 amide bonds.